The van der Waals surface area contributed by atoms with Crippen molar-refractivity contribution in [1.82, 2.24) is 5.32 Å². The average Bonchev–Trinajstić information content (AvgIpc) is 2.87. The fourth-order valence-electron chi connectivity index (χ4n) is 3.81. The van der Waals surface area contributed by atoms with Gasteiger partial charge in [0.25, 0.3) is 0 Å². The molecule has 0 spiro atoms. The van der Waals surface area contributed by atoms with E-state index in [4.69, 9.17) is 24.7 Å². The first-order chi connectivity index (χ1) is 18.5. The molecule has 0 aromatic heterocycles. The van der Waals surface area contributed by atoms with Crippen molar-refractivity contribution in [1.29, 1.82) is 0 Å². The number of amides is 2. The van der Waals surface area contributed by atoms with E-state index >= 15 is 0 Å². The van der Waals surface area contributed by atoms with Crippen LogP contribution in [0.15, 0.2) is 36.4 Å². The minimum absolute atomic E-state index is 0.216. The second-order valence-electron chi connectivity index (χ2n) is 10.9. The molecule has 0 bridgehead atoms. The van der Waals surface area contributed by atoms with Crippen LogP contribution in [0.1, 0.15) is 77.6 Å². The monoisotopic (exact) mass is 542 g/mol. The number of hydrogen-bond donors (Lipinski definition) is 2. The predicted octanol–water partition coefficient (Wildman–Crippen LogP) is 6.04. The highest BCUT2D eigenvalue weighted by Crippen LogP contribution is 2.36. The Morgan fingerprint density at radius 1 is 0.821 bits per heavy atom. The second kappa shape index (κ2) is 15.9. The molecule has 0 radical (unpaired) electrons. The summed E-state index contributed by atoms with van der Waals surface area (Å²) >= 11 is 0. The molecule has 0 aliphatic heterocycles. The van der Waals surface area contributed by atoms with Crippen LogP contribution >= 0.6 is 0 Å². The lowest BCUT2D eigenvalue weighted by molar-refractivity contribution is -0.143. The van der Waals surface area contributed by atoms with Crippen LogP contribution in [0.3, 0.4) is 0 Å². The van der Waals surface area contributed by atoms with Crippen molar-refractivity contribution < 1.29 is 28.5 Å². The lowest BCUT2D eigenvalue weighted by Gasteiger charge is -2.24. The first-order valence-electron chi connectivity index (χ1n) is 13.9. The maximum atomic E-state index is 12.2. The van der Waals surface area contributed by atoms with Crippen LogP contribution in [0.25, 0.3) is 0 Å². The Kier molecular flexibility index (Phi) is 12.9. The van der Waals surface area contributed by atoms with Gasteiger partial charge in [-0.05, 0) is 66.5 Å². The zero-order valence-corrected chi connectivity index (χ0v) is 24.5. The fraction of sp³-hybridized carbons (Fsp3) is 0.548. The quantitative estimate of drug-likeness (QED) is 0.250. The third-order valence-electron chi connectivity index (χ3n) is 5.63. The second-order valence-corrected chi connectivity index (χ2v) is 10.9. The van der Waals surface area contributed by atoms with Crippen LogP contribution in [0.2, 0.25) is 0 Å². The van der Waals surface area contributed by atoms with E-state index in [9.17, 15) is 9.59 Å². The van der Waals surface area contributed by atoms with Gasteiger partial charge in [-0.1, -0.05) is 47.6 Å². The first-order valence-corrected chi connectivity index (χ1v) is 13.9. The number of benzene rings is 2. The Labute approximate surface area is 233 Å². The number of nitrogens with two attached hydrogens (primary N) is 1. The first kappa shape index (κ1) is 31.8. The summed E-state index contributed by atoms with van der Waals surface area (Å²) in [4.78, 5) is 24.3. The fourth-order valence-corrected chi connectivity index (χ4v) is 3.81. The van der Waals surface area contributed by atoms with Crippen molar-refractivity contribution in [3.63, 3.8) is 0 Å². The molecule has 0 saturated carbocycles. The zero-order valence-electron chi connectivity index (χ0n) is 24.5. The number of carbonyl (C=O) groups is 2. The summed E-state index contributed by atoms with van der Waals surface area (Å²) < 4.78 is 23.3. The van der Waals surface area contributed by atoms with E-state index in [0.717, 1.165) is 16.7 Å². The molecule has 0 aliphatic rings. The number of primary amides is 1. The van der Waals surface area contributed by atoms with E-state index < -0.39 is 12.1 Å². The van der Waals surface area contributed by atoms with Crippen LogP contribution in [0.5, 0.6) is 17.2 Å². The summed E-state index contributed by atoms with van der Waals surface area (Å²) in [5.41, 5.74) is 8.01. The van der Waals surface area contributed by atoms with Gasteiger partial charge < -0.3 is 30.0 Å². The summed E-state index contributed by atoms with van der Waals surface area (Å²) in [6.45, 7) is 16.2. The lowest BCUT2D eigenvalue weighted by Crippen LogP contribution is -2.34. The Bertz CT molecular complexity index is 1070. The van der Waals surface area contributed by atoms with Gasteiger partial charge in [0.05, 0.1) is 32.5 Å². The summed E-state index contributed by atoms with van der Waals surface area (Å²) in [7, 11) is 0. The van der Waals surface area contributed by atoms with Gasteiger partial charge in [0.2, 0.25) is 0 Å². The smallest absolute Gasteiger partial charge is 0.312 e. The van der Waals surface area contributed by atoms with Crippen LogP contribution in [0, 0.1) is 17.8 Å². The van der Waals surface area contributed by atoms with Crippen molar-refractivity contribution in [3.8, 4) is 17.2 Å². The SMILES string of the molecule is CCOC(=O)CCc1cc(C(NC(N)=O)c2ccc(OCC(C)C)cc2OCC(C)C)ccc1OCC(C)C. The molecule has 1 atom stereocenters. The molecule has 0 fully saturated rings. The van der Waals surface area contributed by atoms with E-state index in [1.807, 2.05) is 36.4 Å². The number of rotatable bonds is 16. The van der Waals surface area contributed by atoms with Crippen LogP contribution < -0.4 is 25.3 Å². The maximum Gasteiger partial charge on any atom is 0.312 e. The minimum atomic E-state index is -0.664. The average molecular weight is 543 g/mol. The lowest BCUT2D eigenvalue weighted by atomic mass is 9.94. The molecule has 8 heteroatoms. The van der Waals surface area contributed by atoms with Crippen LogP contribution in [-0.2, 0) is 16.0 Å². The summed E-state index contributed by atoms with van der Waals surface area (Å²) in [5.74, 6) is 2.73. The number of urea groups is 1. The number of aryl methyl sites for hydroxylation is 1. The molecule has 216 valence electrons. The van der Waals surface area contributed by atoms with Crippen molar-refractivity contribution in [2.45, 2.75) is 67.3 Å². The molecule has 2 rings (SSSR count). The van der Waals surface area contributed by atoms with E-state index in [-0.39, 0.29) is 12.4 Å². The van der Waals surface area contributed by atoms with Gasteiger partial charge in [-0.2, -0.15) is 0 Å². The molecule has 0 saturated heterocycles. The highest BCUT2D eigenvalue weighted by atomic mass is 16.5. The van der Waals surface area contributed by atoms with Crippen molar-refractivity contribution in [2.24, 2.45) is 23.5 Å². The Balaban J connectivity index is 2.53. The Morgan fingerprint density at radius 2 is 1.44 bits per heavy atom. The topological polar surface area (TPSA) is 109 Å². The van der Waals surface area contributed by atoms with E-state index in [0.29, 0.717) is 67.9 Å². The number of nitrogens with one attached hydrogen (secondary N) is 1. The summed E-state index contributed by atoms with van der Waals surface area (Å²) in [6.07, 6.45) is 0.649. The number of carbonyl (C=O) groups excluding carboxylic acids is 2. The van der Waals surface area contributed by atoms with Gasteiger partial charge in [-0.25, -0.2) is 4.79 Å². The zero-order chi connectivity index (χ0) is 28.9. The van der Waals surface area contributed by atoms with Gasteiger partial charge in [0.1, 0.15) is 17.2 Å². The minimum Gasteiger partial charge on any atom is -0.493 e. The van der Waals surface area contributed by atoms with Gasteiger partial charge >= 0.3 is 12.0 Å². The normalized spacial score (nSPS) is 11.9. The highest BCUT2D eigenvalue weighted by Gasteiger charge is 2.23. The molecule has 1 unspecified atom stereocenters. The predicted molar refractivity (Wildman–Crippen MR) is 153 cm³/mol. The van der Waals surface area contributed by atoms with E-state index in [2.05, 4.69) is 46.9 Å². The number of esters is 1. The van der Waals surface area contributed by atoms with Gasteiger partial charge in [0, 0.05) is 18.1 Å². The molecule has 0 heterocycles. The highest BCUT2D eigenvalue weighted by molar-refractivity contribution is 5.73. The number of hydrogen-bond acceptors (Lipinski definition) is 6. The van der Waals surface area contributed by atoms with Crippen molar-refractivity contribution in [2.75, 3.05) is 26.4 Å². The molecule has 39 heavy (non-hydrogen) atoms. The molecule has 2 amide bonds. The molecule has 3 N–H and O–H groups in total. The molecule has 8 nitrogen and oxygen atoms in total. The van der Waals surface area contributed by atoms with Crippen LogP contribution in [0.4, 0.5) is 4.79 Å². The molecular formula is C31H46N2O6. The van der Waals surface area contributed by atoms with E-state index in [1.54, 1.807) is 6.92 Å². The van der Waals surface area contributed by atoms with Crippen LogP contribution in [-0.4, -0.2) is 38.4 Å². The standard InChI is InChI=1S/C31H46N2O6/c1-8-36-29(34)14-10-23-15-24(9-13-27(23)38-18-21(4)5)30(33-31(32)35)26-12-11-25(37-17-20(2)3)16-28(26)39-19-22(6)7/h9,11-13,15-16,20-22,30H,8,10,14,17-19H2,1-7H3,(H3,32,33,35). The largest absolute Gasteiger partial charge is 0.493 e. The number of ether oxygens (including phenoxy) is 4. The van der Waals surface area contributed by atoms with Gasteiger partial charge in [0.15, 0.2) is 0 Å². The van der Waals surface area contributed by atoms with Crippen molar-refractivity contribution >= 4 is 12.0 Å². The van der Waals surface area contributed by atoms with E-state index in [1.165, 1.54) is 0 Å². The molecule has 0 aliphatic carbocycles. The summed E-state index contributed by atoms with van der Waals surface area (Å²) in [6, 6.07) is 10.1. The van der Waals surface area contributed by atoms with Gasteiger partial charge in [-0.3, -0.25) is 4.79 Å². The van der Waals surface area contributed by atoms with Crippen molar-refractivity contribution in [3.05, 3.63) is 53.1 Å². The Hall–Kier alpha value is -3.42. The molecular weight excluding hydrogens is 496 g/mol. The third-order valence-corrected chi connectivity index (χ3v) is 5.63. The Morgan fingerprint density at radius 3 is 2.03 bits per heavy atom. The maximum absolute atomic E-state index is 12.2. The third kappa shape index (κ3) is 11.1. The summed E-state index contributed by atoms with van der Waals surface area (Å²) in [5, 5.41) is 2.88. The molecule has 2 aromatic rings. The molecule has 2 aromatic carbocycles. The van der Waals surface area contributed by atoms with Gasteiger partial charge in [-0.15, -0.1) is 0 Å².